The monoisotopic (exact) mass is 279 g/mol. The van der Waals surface area contributed by atoms with E-state index in [0.717, 1.165) is 6.42 Å². The van der Waals surface area contributed by atoms with Gasteiger partial charge >= 0.3 is 0 Å². The molecule has 1 amide bonds. The van der Waals surface area contributed by atoms with Crippen LogP contribution in [0.1, 0.15) is 26.7 Å². The molecule has 110 valence electrons. The van der Waals surface area contributed by atoms with Gasteiger partial charge in [0.15, 0.2) is 5.84 Å². The number of nitrogens with two attached hydrogens (primary N) is 1. The van der Waals surface area contributed by atoms with Crippen LogP contribution >= 0.6 is 0 Å². The molecule has 0 fully saturated rings. The molecule has 0 aliphatic carbocycles. The third-order valence-electron chi connectivity index (χ3n) is 2.86. The van der Waals surface area contributed by atoms with Crippen LogP contribution in [0.15, 0.2) is 29.4 Å². The molecule has 20 heavy (non-hydrogen) atoms. The van der Waals surface area contributed by atoms with Crippen LogP contribution in [0.4, 0.5) is 5.69 Å². The standard InChI is InChI=1S/C14H21N3O3/c1-3-10(2)7-14(18)16-11-5-4-6-12(8-11)20-9-13(15)17-19/h4-6,8,10,19H,3,7,9H2,1-2H3,(H2,15,17)(H,16,18). The van der Waals surface area contributed by atoms with Crippen LogP contribution in [0, 0.1) is 5.92 Å². The van der Waals surface area contributed by atoms with Gasteiger partial charge in [0.05, 0.1) is 0 Å². The first-order valence-electron chi connectivity index (χ1n) is 6.54. The predicted octanol–water partition coefficient (Wildman–Crippen LogP) is 2.19. The third-order valence-corrected chi connectivity index (χ3v) is 2.86. The Morgan fingerprint density at radius 2 is 2.30 bits per heavy atom. The number of anilines is 1. The molecular formula is C14H21N3O3. The number of benzene rings is 1. The molecule has 0 heterocycles. The second kappa shape index (κ2) is 8.04. The van der Waals surface area contributed by atoms with Crippen molar-refractivity contribution in [3.8, 4) is 5.75 Å². The zero-order chi connectivity index (χ0) is 15.0. The van der Waals surface area contributed by atoms with Gasteiger partial charge in [-0.1, -0.05) is 31.5 Å². The normalized spacial score (nSPS) is 12.8. The zero-order valence-corrected chi connectivity index (χ0v) is 11.8. The Balaban J connectivity index is 2.57. The molecule has 1 rings (SSSR count). The minimum atomic E-state index is -0.0204. The highest BCUT2D eigenvalue weighted by Gasteiger charge is 2.08. The number of carbonyl (C=O) groups excluding carboxylic acids is 1. The Morgan fingerprint density at radius 3 is 2.95 bits per heavy atom. The van der Waals surface area contributed by atoms with Gasteiger partial charge in [-0.15, -0.1) is 0 Å². The zero-order valence-electron chi connectivity index (χ0n) is 11.8. The van der Waals surface area contributed by atoms with Crippen LogP contribution in [0.5, 0.6) is 5.75 Å². The molecule has 0 aromatic heterocycles. The number of nitrogens with one attached hydrogen (secondary N) is 1. The first-order chi connectivity index (χ1) is 9.55. The van der Waals surface area contributed by atoms with Gasteiger partial charge in [-0.2, -0.15) is 0 Å². The maximum absolute atomic E-state index is 11.8. The molecule has 1 unspecified atom stereocenters. The predicted molar refractivity (Wildman–Crippen MR) is 78.0 cm³/mol. The molecule has 0 saturated heterocycles. The summed E-state index contributed by atoms with van der Waals surface area (Å²) in [6.45, 7) is 4.08. The van der Waals surface area contributed by atoms with Crippen molar-refractivity contribution >= 4 is 17.4 Å². The molecule has 0 saturated carbocycles. The average molecular weight is 279 g/mol. The molecule has 1 aromatic rings. The Kier molecular flexibility index (Phi) is 6.36. The Labute approximate surface area is 118 Å². The topological polar surface area (TPSA) is 96.9 Å². The SMILES string of the molecule is CCC(C)CC(=O)Nc1cccc(OC/C(N)=N/O)c1. The van der Waals surface area contributed by atoms with Crippen molar-refractivity contribution in [3.05, 3.63) is 24.3 Å². The van der Waals surface area contributed by atoms with Gasteiger partial charge in [0.2, 0.25) is 5.91 Å². The van der Waals surface area contributed by atoms with E-state index in [9.17, 15) is 4.79 Å². The van der Waals surface area contributed by atoms with Gasteiger partial charge in [-0.3, -0.25) is 4.79 Å². The fourth-order valence-electron chi connectivity index (χ4n) is 1.52. The number of carbonyl (C=O) groups is 1. The minimum absolute atomic E-state index is 0.0131. The summed E-state index contributed by atoms with van der Waals surface area (Å²) in [5.41, 5.74) is 5.98. The summed E-state index contributed by atoms with van der Waals surface area (Å²) in [5, 5.41) is 14.1. The maximum Gasteiger partial charge on any atom is 0.224 e. The number of amidine groups is 1. The first-order valence-corrected chi connectivity index (χ1v) is 6.54. The Hall–Kier alpha value is -2.24. The van der Waals surface area contributed by atoms with Gasteiger partial charge in [0.1, 0.15) is 12.4 Å². The van der Waals surface area contributed by atoms with Crippen molar-refractivity contribution in [3.63, 3.8) is 0 Å². The fourth-order valence-corrected chi connectivity index (χ4v) is 1.52. The Morgan fingerprint density at radius 1 is 1.55 bits per heavy atom. The number of rotatable bonds is 7. The van der Waals surface area contributed by atoms with Crippen LogP contribution in [-0.4, -0.2) is 23.6 Å². The van der Waals surface area contributed by atoms with Crippen molar-refractivity contribution in [2.45, 2.75) is 26.7 Å². The van der Waals surface area contributed by atoms with E-state index in [1.165, 1.54) is 0 Å². The summed E-state index contributed by atoms with van der Waals surface area (Å²) >= 11 is 0. The summed E-state index contributed by atoms with van der Waals surface area (Å²) in [6.07, 6.45) is 1.46. The first kappa shape index (κ1) is 15.8. The van der Waals surface area contributed by atoms with E-state index in [1.807, 2.05) is 6.92 Å². The van der Waals surface area contributed by atoms with Crippen LogP contribution in [0.25, 0.3) is 0 Å². The lowest BCUT2D eigenvalue weighted by Gasteiger charge is -2.10. The van der Waals surface area contributed by atoms with E-state index in [0.29, 0.717) is 23.8 Å². The second-order valence-electron chi connectivity index (χ2n) is 4.67. The van der Waals surface area contributed by atoms with E-state index in [2.05, 4.69) is 17.4 Å². The van der Waals surface area contributed by atoms with Gasteiger partial charge in [-0.05, 0) is 18.1 Å². The molecular weight excluding hydrogens is 258 g/mol. The van der Waals surface area contributed by atoms with Crippen molar-refractivity contribution in [2.24, 2.45) is 16.8 Å². The molecule has 0 radical (unpaired) electrons. The summed E-state index contributed by atoms with van der Waals surface area (Å²) in [6, 6.07) is 6.97. The third kappa shape index (κ3) is 5.60. The van der Waals surface area contributed by atoms with Crippen molar-refractivity contribution in [2.75, 3.05) is 11.9 Å². The molecule has 1 atom stereocenters. The largest absolute Gasteiger partial charge is 0.485 e. The highest BCUT2D eigenvalue weighted by Crippen LogP contribution is 2.18. The fraction of sp³-hybridized carbons (Fsp3) is 0.429. The van der Waals surface area contributed by atoms with Crippen molar-refractivity contribution in [1.29, 1.82) is 0 Å². The molecule has 0 aliphatic heterocycles. The van der Waals surface area contributed by atoms with E-state index in [-0.39, 0.29) is 18.3 Å². The van der Waals surface area contributed by atoms with Gasteiger partial charge in [0, 0.05) is 18.2 Å². The summed E-state index contributed by atoms with van der Waals surface area (Å²) < 4.78 is 5.32. The Bertz CT molecular complexity index is 474. The van der Waals surface area contributed by atoms with E-state index in [4.69, 9.17) is 15.7 Å². The molecule has 4 N–H and O–H groups in total. The molecule has 6 nitrogen and oxygen atoms in total. The van der Waals surface area contributed by atoms with Crippen LogP contribution < -0.4 is 15.8 Å². The highest BCUT2D eigenvalue weighted by molar-refractivity contribution is 5.91. The highest BCUT2D eigenvalue weighted by atomic mass is 16.5. The van der Waals surface area contributed by atoms with E-state index >= 15 is 0 Å². The number of amides is 1. The van der Waals surface area contributed by atoms with Crippen LogP contribution in [-0.2, 0) is 4.79 Å². The summed E-state index contributed by atoms with van der Waals surface area (Å²) in [4.78, 5) is 11.8. The molecule has 6 heteroatoms. The minimum Gasteiger partial charge on any atom is -0.485 e. The van der Waals surface area contributed by atoms with Gasteiger partial charge < -0.3 is 21.0 Å². The molecule has 0 bridgehead atoms. The van der Waals surface area contributed by atoms with Crippen LogP contribution in [0.3, 0.4) is 0 Å². The number of ether oxygens (including phenoxy) is 1. The molecule has 0 spiro atoms. The lowest BCUT2D eigenvalue weighted by molar-refractivity contribution is -0.117. The maximum atomic E-state index is 11.8. The summed E-state index contributed by atoms with van der Waals surface area (Å²) in [7, 11) is 0. The second-order valence-corrected chi connectivity index (χ2v) is 4.67. The smallest absolute Gasteiger partial charge is 0.224 e. The summed E-state index contributed by atoms with van der Waals surface area (Å²) in [5.74, 6) is 0.858. The molecule has 1 aromatic carbocycles. The lowest BCUT2D eigenvalue weighted by Crippen LogP contribution is -2.21. The number of oxime groups is 1. The quantitative estimate of drug-likeness (QED) is 0.308. The van der Waals surface area contributed by atoms with Crippen LogP contribution in [0.2, 0.25) is 0 Å². The van der Waals surface area contributed by atoms with E-state index in [1.54, 1.807) is 24.3 Å². The average Bonchev–Trinajstić information content (AvgIpc) is 2.44. The lowest BCUT2D eigenvalue weighted by atomic mass is 10.1. The number of nitrogens with zero attached hydrogens (tertiary/aromatic N) is 1. The molecule has 0 aliphatic rings. The van der Waals surface area contributed by atoms with Crippen molar-refractivity contribution in [1.82, 2.24) is 0 Å². The number of hydrogen-bond donors (Lipinski definition) is 3. The van der Waals surface area contributed by atoms with Gasteiger partial charge in [0.25, 0.3) is 0 Å². The number of hydrogen-bond acceptors (Lipinski definition) is 4. The van der Waals surface area contributed by atoms with Crippen molar-refractivity contribution < 1.29 is 14.7 Å². The van der Waals surface area contributed by atoms with Gasteiger partial charge in [-0.25, -0.2) is 0 Å². The van der Waals surface area contributed by atoms with E-state index < -0.39 is 0 Å².